The lowest BCUT2D eigenvalue weighted by atomic mass is 9.82. The first-order chi connectivity index (χ1) is 13.1. The van der Waals surface area contributed by atoms with Crippen LogP contribution in [0.25, 0.3) is 0 Å². The van der Waals surface area contributed by atoms with Gasteiger partial charge in [0.1, 0.15) is 5.82 Å². The number of esters is 2. The average molecular weight is 415 g/mol. The molecule has 1 saturated carbocycles. The largest absolute Gasteiger partial charge is 0.463 e. The summed E-state index contributed by atoms with van der Waals surface area (Å²) in [4.78, 5) is 25.1. The molecule has 0 atom stereocenters. The number of carbonyl (C=O) groups is 2. The molecule has 156 valence electrons. The predicted octanol–water partition coefficient (Wildman–Crippen LogP) is 4.62. The molecule has 1 aliphatic carbocycles. The highest BCUT2D eigenvalue weighted by Crippen LogP contribution is 2.36. The zero-order valence-corrected chi connectivity index (χ0v) is 17.6. The van der Waals surface area contributed by atoms with Gasteiger partial charge < -0.3 is 14.2 Å². The fourth-order valence-electron chi connectivity index (χ4n) is 3.39. The molecule has 5 nitrogen and oxygen atoms in total. The molecule has 28 heavy (non-hydrogen) atoms. The van der Waals surface area contributed by atoms with Crippen LogP contribution in [0.4, 0.5) is 4.39 Å². The van der Waals surface area contributed by atoms with E-state index in [-0.39, 0.29) is 35.3 Å². The van der Waals surface area contributed by atoms with E-state index in [0.29, 0.717) is 25.7 Å². The molecule has 1 aliphatic rings. The summed E-state index contributed by atoms with van der Waals surface area (Å²) in [6.45, 7) is 7.79. The monoisotopic (exact) mass is 414 g/mol. The Morgan fingerprint density at radius 2 is 1.89 bits per heavy atom. The van der Waals surface area contributed by atoms with Crippen LogP contribution in [0.1, 0.15) is 58.9 Å². The van der Waals surface area contributed by atoms with Crippen molar-refractivity contribution >= 4 is 23.5 Å². The van der Waals surface area contributed by atoms with Crippen molar-refractivity contribution in [1.29, 1.82) is 0 Å². The zero-order chi connectivity index (χ0) is 20.9. The summed E-state index contributed by atoms with van der Waals surface area (Å²) < 4.78 is 30.7. The zero-order valence-electron chi connectivity index (χ0n) is 16.8. The lowest BCUT2D eigenvalue weighted by Crippen LogP contribution is -2.49. The molecule has 1 fully saturated rings. The second kappa shape index (κ2) is 9.23. The Balaban J connectivity index is 2.11. The molecule has 2 rings (SSSR count). The van der Waals surface area contributed by atoms with Crippen molar-refractivity contribution in [3.63, 3.8) is 0 Å². The molecule has 0 aromatic heterocycles. The van der Waals surface area contributed by atoms with Gasteiger partial charge in [0.25, 0.3) is 0 Å². The number of carbonyl (C=O) groups excluding carboxylic acids is 2. The molecule has 0 saturated heterocycles. The number of rotatable bonds is 6. The SMILES string of the molecule is CCOC(=O)C1(OC(=O)Cc2c(F)cccc2Cl)CCC(OC(C)(C)C)CC1. The molecule has 0 spiro atoms. The Kier molecular flexibility index (Phi) is 7.46. The van der Waals surface area contributed by atoms with Crippen molar-refractivity contribution in [2.24, 2.45) is 0 Å². The van der Waals surface area contributed by atoms with Crippen LogP contribution < -0.4 is 0 Å². The fourth-order valence-corrected chi connectivity index (χ4v) is 3.62. The van der Waals surface area contributed by atoms with Crippen molar-refractivity contribution in [2.75, 3.05) is 6.61 Å². The second-order valence-corrected chi connectivity index (χ2v) is 8.40. The van der Waals surface area contributed by atoms with Gasteiger partial charge in [-0.25, -0.2) is 9.18 Å². The van der Waals surface area contributed by atoms with Gasteiger partial charge in [0.15, 0.2) is 0 Å². The number of hydrogen-bond acceptors (Lipinski definition) is 5. The highest BCUT2D eigenvalue weighted by Gasteiger charge is 2.47. The molecule has 0 unspecified atom stereocenters. The van der Waals surface area contributed by atoms with Crippen LogP contribution in [0.5, 0.6) is 0 Å². The maximum atomic E-state index is 14.0. The van der Waals surface area contributed by atoms with E-state index >= 15 is 0 Å². The van der Waals surface area contributed by atoms with Gasteiger partial charge in [0.05, 0.1) is 24.7 Å². The van der Waals surface area contributed by atoms with E-state index in [1.807, 2.05) is 20.8 Å². The predicted molar refractivity (Wildman–Crippen MR) is 104 cm³/mol. The average Bonchev–Trinajstić information content (AvgIpc) is 2.59. The number of ether oxygens (including phenoxy) is 3. The van der Waals surface area contributed by atoms with Gasteiger partial charge in [-0.05, 0) is 52.7 Å². The first-order valence-corrected chi connectivity index (χ1v) is 9.94. The molecule has 7 heteroatoms. The van der Waals surface area contributed by atoms with Crippen LogP contribution in [0.15, 0.2) is 18.2 Å². The Morgan fingerprint density at radius 3 is 2.43 bits per heavy atom. The van der Waals surface area contributed by atoms with E-state index in [1.165, 1.54) is 18.2 Å². The minimum atomic E-state index is -1.37. The fraction of sp³-hybridized carbons (Fsp3) is 0.619. The first-order valence-electron chi connectivity index (χ1n) is 9.56. The molecular weight excluding hydrogens is 387 g/mol. The van der Waals surface area contributed by atoms with E-state index in [9.17, 15) is 14.0 Å². The lowest BCUT2D eigenvalue weighted by Gasteiger charge is -2.39. The van der Waals surface area contributed by atoms with Crippen LogP contribution >= 0.6 is 11.6 Å². The highest BCUT2D eigenvalue weighted by molar-refractivity contribution is 6.31. The smallest absolute Gasteiger partial charge is 0.350 e. The maximum absolute atomic E-state index is 14.0. The molecule has 0 heterocycles. The Labute approximate surface area is 170 Å². The molecule has 0 radical (unpaired) electrons. The molecule has 0 N–H and O–H groups in total. The minimum absolute atomic E-state index is 0.0257. The second-order valence-electron chi connectivity index (χ2n) is 8.00. The third-order valence-corrected chi connectivity index (χ3v) is 4.95. The Morgan fingerprint density at radius 1 is 1.25 bits per heavy atom. The molecule has 0 amide bonds. The van der Waals surface area contributed by atoms with Gasteiger partial charge in [0, 0.05) is 23.4 Å². The van der Waals surface area contributed by atoms with Gasteiger partial charge >= 0.3 is 11.9 Å². The van der Waals surface area contributed by atoms with E-state index in [4.69, 9.17) is 25.8 Å². The summed E-state index contributed by atoms with van der Waals surface area (Å²) >= 11 is 5.99. The van der Waals surface area contributed by atoms with Crippen LogP contribution in [-0.4, -0.2) is 35.9 Å². The van der Waals surface area contributed by atoms with E-state index in [1.54, 1.807) is 6.92 Å². The molecule has 0 bridgehead atoms. The maximum Gasteiger partial charge on any atom is 0.350 e. The van der Waals surface area contributed by atoms with Crippen LogP contribution in [-0.2, 0) is 30.2 Å². The number of hydrogen-bond donors (Lipinski definition) is 0. The van der Waals surface area contributed by atoms with Gasteiger partial charge in [-0.15, -0.1) is 0 Å². The lowest BCUT2D eigenvalue weighted by molar-refractivity contribution is -0.191. The van der Waals surface area contributed by atoms with E-state index in [0.717, 1.165) is 0 Å². The van der Waals surface area contributed by atoms with Crippen molar-refractivity contribution in [2.45, 2.75) is 77.1 Å². The standard InChI is InChI=1S/C21H28ClFO5/c1-5-26-19(25)21(11-9-14(10-12-21)27-20(2,3)4)28-18(24)13-15-16(22)7-6-8-17(15)23/h6-8,14H,5,9-13H2,1-4H3. The third kappa shape index (κ3) is 5.92. The molecular formula is C21H28ClFO5. The summed E-state index contributed by atoms with van der Waals surface area (Å²) in [5.41, 5.74) is -1.62. The summed E-state index contributed by atoms with van der Waals surface area (Å²) in [5, 5.41) is 0.143. The topological polar surface area (TPSA) is 61.8 Å². The number of benzene rings is 1. The quantitative estimate of drug-likeness (QED) is 0.635. The van der Waals surface area contributed by atoms with E-state index < -0.39 is 23.4 Å². The minimum Gasteiger partial charge on any atom is -0.463 e. The van der Waals surface area contributed by atoms with Crippen LogP contribution in [0, 0.1) is 5.82 Å². The van der Waals surface area contributed by atoms with Crippen molar-refractivity contribution in [3.8, 4) is 0 Å². The Hall–Kier alpha value is -1.66. The van der Waals surface area contributed by atoms with Crippen LogP contribution in [0.2, 0.25) is 5.02 Å². The molecule has 1 aromatic rings. The normalized spacial score (nSPS) is 22.6. The highest BCUT2D eigenvalue weighted by atomic mass is 35.5. The van der Waals surface area contributed by atoms with Gasteiger partial charge in [0.2, 0.25) is 5.60 Å². The van der Waals surface area contributed by atoms with Crippen molar-refractivity contribution in [3.05, 3.63) is 34.6 Å². The molecule has 1 aromatic carbocycles. The van der Waals surface area contributed by atoms with Gasteiger partial charge in [-0.3, -0.25) is 4.79 Å². The van der Waals surface area contributed by atoms with Gasteiger partial charge in [-0.2, -0.15) is 0 Å². The summed E-state index contributed by atoms with van der Waals surface area (Å²) in [5.74, 6) is -1.87. The van der Waals surface area contributed by atoms with Crippen molar-refractivity contribution < 1.29 is 28.2 Å². The van der Waals surface area contributed by atoms with Crippen LogP contribution in [0.3, 0.4) is 0 Å². The summed E-state index contributed by atoms with van der Waals surface area (Å²) in [6.07, 6.45) is 1.33. The molecule has 0 aliphatic heterocycles. The third-order valence-electron chi connectivity index (χ3n) is 4.60. The number of halogens is 2. The Bertz CT molecular complexity index is 685. The van der Waals surface area contributed by atoms with Gasteiger partial charge in [-0.1, -0.05) is 17.7 Å². The van der Waals surface area contributed by atoms with E-state index in [2.05, 4.69) is 0 Å². The summed E-state index contributed by atoms with van der Waals surface area (Å²) in [7, 11) is 0. The first kappa shape index (κ1) is 22.6. The summed E-state index contributed by atoms with van der Waals surface area (Å²) in [6, 6.07) is 4.19. The van der Waals surface area contributed by atoms with Crippen molar-refractivity contribution in [1.82, 2.24) is 0 Å².